The first-order valence-electron chi connectivity index (χ1n) is 5.09. The monoisotopic (exact) mass is 282 g/mol. The molecule has 0 aliphatic heterocycles. The van der Waals surface area contributed by atoms with Gasteiger partial charge >= 0.3 is 0 Å². The van der Waals surface area contributed by atoms with Gasteiger partial charge in [0, 0.05) is 28.2 Å². The van der Waals surface area contributed by atoms with Crippen LogP contribution in [-0.4, -0.2) is 9.91 Å². The third-order valence-corrected chi connectivity index (χ3v) is 3.00. The van der Waals surface area contributed by atoms with E-state index in [1.54, 1.807) is 24.3 Å². The molecule has 0 radical (unpaired) electrons. The standard InChI is InChI=1S/C12H8Cl2N2O2/c13-9-1-4-12(14)8(5-9)6-10-2-3-11(7-15-10)16(17)18/h1-5,7H,6H2. The van der Waals surface area contributed by atoms with E-state index in [0.29, 0.717) is 22.2 Å². The van der Waals surface area contributed by atoms with Crippen molar-refractivity contribution in [2.75, 3.05) is 0 Å². The van der Waals surface area contributed by atoms with Crippen LogP contribution in [0.3, 0.4) is 0 Å². The fourth-order valence-electron chi connectivity index (χ4n) is 1.50. The lowest BCUT2D eigenvalue weighted by molar-refractivity contribution is -0.385. The summed E-state index contributed by atoms with van der Waals surface area (Å²) in [7, 11) is 0. The van der Waals surface area contributed by atoms with Gasteiger partial charge in [-0.25, -0.2) is 0 Å². The number of halogens is 2. The first-order chi connectivity index (χ1) is 8.56. The Morgan fingerprint density at radius 1 is 1.22 bits per heavy atom. The highest BCUT2D eigenvalue weighted by Gasteiger charge is 2.07. The molecule has 0 atom stereocenters. The van der Waals surface area contributed by atoms with Crippen molar-refractivity contribution in [2.24, 2.45) is 0 Å². The quantitative estimate of drug-likeness (QED) is 0.634. The molecule has 0 aliphatic carbocycles. The smallest absolute Gasteiger partial charge is 0.258 e. The lowest BCUT2D eigenvalue weighted by atomic mass is 10.1. The fourth-order valence-corrected chi connectivity index (χ4v) is 1.88. The molecule has 0 amide bonds. The van der Waals surface area contributed by atoms with E-state index in [0.717, 1.165) is 5.56 Å². The second-order valence-electron chi connectivity index (χ2n) is 3.68. The van der Waals surface area contributed by atoms with Crippen LogP contribution in [0.2, 0.25) is 10.0 Å². The summed E-state index contributed by atoms with van der Waals surface area (Å²) in [6, 6.07) is 8.20. The molecule has 1 heterocycles. The molecule has 2 rings (SSSR count). The van der Waals surface area contributed by atoms with Crippen LogP contribution >= 0.6 is 23.2 Å². The lowest BCUT2D eigenvalue weighted by Crippen LogP contribution is -1.95. The first kappa shape index (κ1) is 12.8. The van der Waals surface area contributed by atoms with Gasteiger partial charge in [-0.3, -0.25) is 15.1 Å². The van der Waals surface area contributed by atoms with Gasteiger partial charge in [0.15, 0.2) is 0 Å². The van der Waals surface area contributed by atoms with Crippen LogP contribution in [0, 0.1) is 10.1 Å². The van der Waals surface area contributed by atoms with E-state index in [1.165, 1.54) is 12.3 Å². The summed E-state index contributed by atoms with van der Waals surface area (Å²) in [6.45, 7) is 0. The molecule has 0 fully saturated rings. The molecule has 0 aliphatic rings. The topological polar surface area (TPSA) is 56.0 Å². The normalized spacial score (nSPS) is 10.3. The van der Waals surface area contributed by atoms with Gasteiger partial charge in [-0.15, -0.1) is 0 Å². The van der Waals surface area contributed by atoms with Crippen LogP contribution in [0.1, 0.15) is 11.3 Å². The maximum absolute atomic E-state index is 10.5. The Hall–Kier alpha value is -1.65. The van der Waals surface area contributed by atoms with Crippen molar-refractivity contribution >= 4 is 28.9 Å². The number of rotatable bonds is 3. The Kier molecular flexibility index (Phi) is 3.79. The minimum absolute atomic E-state index is 0.0315. The summed E-state index contributed by atoms with van der Waals surface area (Å²) < 4.78 is 0. The van der Waals surface area contributed by atoms with E-state index in [-0.39, 0.29) is 5.69 Å². The van der Waals surface area contributed by atoms with E-state index in [1.807, 2.05) is 0 Å². The third kappa shape index (κ3) is 2.97. The molecular weight excluding hydrogens is 275 g/mol. The van der Waals surface area contributed by atoms with Gasteiger partial charge < -0.3 is 0 Å². The fraction of sp³-hybridized carbons (Fsp3) is 0.0833. The third-order valence-electron chi connectivity index (χ3n) is 2.40. The number of hydrogen-bond donors (Lipinski definition) is 0. The molecule has 0 unspecified atom stereocenters. The second-order valence-corrected chi connectivity index (χ2v) is 4.52. The van der Waals surface area contributed by atoms with Crippen molar-refractivity contribution in [2.45, 2.75) is 6.42 Å². The molecule has 6 heteroatoms. The summed E-state index contributed by atoms with van der Waals surface area (Å²) in [5, 5.41) is 11.7. The lowest BCUT2D eigenvalue weighted by Gasteiger charge is -2.04. The van der Waals surface area contributed by atoms with Crippen molar-refractivity contribution in [3.05, 3.63) is 67.9 Å². The molecule has 0 saturated heterocycles. The predicted octanol–water partition coefficient (Wildman–Crippen LogP) is 3.89. The Balaban J connectivity index is 2.23. The highest BCUT2D eigenvalue weighted by Crippen LogP contribution is 2.23. The average molecular weight is 283 g/mol. The van der Waals surface area contributed by atoms with Crippen molar-refractivity contribution in [3.8, 4) is 0 Å². The SMILES string of the molecule is O=[N+]([O-])c1ccc(Cc2cc(Cl)ccc2Cl)nc1. The van der Waals surface area contributed by atoms with E-state index < -0.39 is 4.92 Å². The van der Waals surface area contributed by atoms with E-state index in [9.17, 15) is 10.1 Å². The zero-order chi connectivity index (χ0) is 13.1. The summed E-state index contributed by atoms with van der Waals surface area (Å²) >= 11 is 11.9. The van der Waals surface area contributed by atoms with Crippen LogP contribution in [0.25, 0.3) is 0 Å². The molecule has 1 aromatic heterocycles. The highest BCUT2D eigenvalue weighted by atomic mass is 35.5. The number of pyridine rings is 1. The van der Waals surface area contributed by atoms with Gasteiger partial charge in [-0.2, -0.15) is 0 Å². The number of nitro groups is 1. The van der Waals surface area contributed by atoms with Crippen molar-refractivity contribution < 1.29 is 4.92 Å². The zero-order valence-electron chi connectivity index (χ0n) is 9.14. The number of hydrogen-bond acceptors (Lipinski definition) is 3. The van der Waals surface area contributed by atoms with E-state index >= 15 is 0 Å². The summed E-state index contributed by atoms with van der Waals surface area (Å²) in [4.78, 5) is 14.0. The summed E-state index contributed by atoms with van der Waals surface area (Å²) in [6.07, 6.45) is 1.71. The first-order valence-corrected chi connectivity index (χ1v) is 5.85. The largest absolute Gasteiger partial charge is 0.287 e. The van der Waals surface area contributed by atoms with Crippen molar-refractivity contribution in [1.29, 1.82) is 0 Å². The molecule has 0 saturated carbocycles. The zero-order valence-corrected chi connectivity index (χ0v) is 10.6. The molecule has 0 bridgehead atoms. The van der Waals surface area contributed by atoms with Gasteiger partial charge in [-0.05, 0) is 29.8 Å². The van der Waals surface area contributed by atoms with Gasteiger partial charge in [0.1, 0.15) is 6.20 Å². The van der Waals surface area contributed by atoms with Crippen LogP contribution in [0.15, 0.2) is 36.5 Å². The summed E-state index contributed by atoms with van der Waals surface area (Å²) in [5.74, 6) is 0. The van der Waals surface area contributed by atoms with E-state index in [2.05, 4.69) is 4.98 Å². The van der Waals surface area contributed by atoms with Gasteiger partial charge in [0.05, 0.1) is 4.92 Å². The molecule has 18 heavy (non-hydrogen) atoms. The van der Waals surface area contributed by atoms with Gasteiger partial charge in [0.2, 0.25) is 0 Å². The van der Waals surface area contributed by atoms with Crippen LogP contribution in [-0.2, 0) is 6.42 Å². The van der Waals surface area contributed by atoms with Gasteiger partial charge in [-0.1, -0.05) is 23.2 Å². The van der Waals surface area contributed by atoms with Crippen LogP contribution in [0.4, 0.5) is 5.69 Å². The maximum Gasteiger partial charge on any atom is 0.287 e. The number of benzene rings is 1. The van der Waals surface area contributed by atoms with E-state index in [4.69, 9.17) is 23.2 Å². The van der Waals surface area contributed by atoms with Gasteiger partial charge in [0.25, 0.3) is 5.69 Å². The molecular formula is C12H8Cl2N2O2. The average Bonchev–Trinajstić information content (AvgIpc) is 2.34. The molecule has 1 aromatic carbocycles. The van der Waals surface area contributed by atoms with Crippen LogP contribution in [0.5, 0.6) is 0 Å². The van der Waals surface area contributed by atoms with Crippen molar-refractivity contribution in [3.63, 3.8) is 0 Å². The Morgan fingerprint density at radius 2 is 2.00 bits per heavy atom. The molecule has 0 N–H and O–H groups in total. The Bertz CT molecular complexity index is 585. The molecule has 4 nitrogen and oxygen atoms in total. The second kappa shape index (κ2) is 5.33. The predicted molar refractivity (Wildman–Crippen MR) is 70.2 cm³/mol. The Morgan fingerprint density at radius 3 is 2.61 bits per heavy atom. The molecule has 2 aromatic rings. The molecule has 0 spiro atoms. The Labute approximate surface area is 113 Å². The minimum Gasteiger partial charge on any atom is -0.258 e. The minimum atomic E-state index is -0.483. The van der Waals surface area contributed by atoms with Crippen LogP contribution < -0.4 is 0 Å². The molecule has 92 valence electrons. The van der Waals surface area contributed by atoms with Crippen molar-refractivity contribution in [1.82, 2.24) is 4.98 Å². The maximum atomic E-state index is 10.5. The number of aromatic nitrogens is 1. The number of nitrogens with zero attached hydrogens (tertiary/aromatic N) is 2. The highest BCUT2D eigenvalue weighted by molar-refractivity contribution is 6.33. The summed E-state index contributed by atoms with van der Waals surface area (Å²) in [5.41, 5.74) is 1.51.